The van der Waals surface area contributed by atoms with Crippen LogP contribution in [0.3, 0.4) is 0 Å². The number of fused-ring (bicyclic) bond motifs is 1. The Balaban J connectivity index is 0.00000240. The lowest BCUT2D eigenvalue weighted by Gasteiger charge is -2.14. The van der Waals surface area contributed by atoms with Gasteiger partial charge in [-0.3, -0.25) is 4.99 Å². The fourth-order valence-electron chi connectivity index (χ4n) is 3.41. The second-order valence-electron chi connectivity index (χ2n) is 7.00. The van der Waals surface area contributed by atoms with Crippen molar-refractivity contribution < 1.29 is 14.2 Å². The number of aliphatic imine (C=N–C) groups is 1. The number of nitrogens with zero attached hydrogens (tertiary/aromatic N) is 2. The summed E-state index contributed by atoms with van der Waals surface area (Å²) in [6, 6.07) is 9.90. The summed E-state index contributed by atoms with van der Waals surface area (Å²) in [5, 5.41) is 6.61. The van der Waals surface area contributed by atoms with E-state index in [0.29, 0.717) is 25.1 Å². The predicted molar refractivity (Wildman–Crippen MR) is 122 cm³/mol. The molecule has 0 radical (unpaired) electrons. The smallest absolute Gasteiger partial charge is 0.231 e. The monoisotopic (exact) mass is 510 g/mol. The first-order valence-electron chi connectivity index (χ1n) is 9.75. The van der Waals surface area contributed by atoms with Crippen LogP contribution >= 0.6 is 24.0 Å². The van der Waals surface area contributed by atoms with Crippen LogP contribution in [-0.4, -0.2) is 30.9 Å². The van der Waals surface area contributed by atoms with E-state index in [2.05, 4.69) is 20.6 Å². The molecule has 0 unspecified atom stereocenters. The average Bonchev–Trinajstić information content (AvgIpc) is 3.40. The Bertz CT molecular complexity index is 823. The van der Waals surface area contributed by atoms with Crippen LogP contribution in [0.2, 0.25) is 0 Å². The van der Waals surface area contributed by atoms with E-state index in [1.807, 2.05) is 36.5 Å². The third kappa shape index (κ3) is 5.88. The molecule has 156 valence electrons. The Kier molecular flexibility index (Phi) is 7.79. The van der Waals surface area contributed by atoms with Crippen molar-refractivity contribution in [3.05, 3.63) is 47.7 Å². The highest BCUT2D eigenvalue weighted by molar-refractivity contribution is 14.0. The van der Waals surface area contributed by atoms with Gasteiger partial charge in [-0.05, 0) is 48.9 Å². The van der Waals surface area contributed by atoms with Gasteiger partial charge < -0.3 is 24.8 Å². The molecule has 1 fully saturated rings. The van der Waals surface area contributed by atoms with Gasteiger partial charge in [0, 0.05) is 32.4 Å². The van der Waals surface area contributed by atoms with E-state index < -0.39 is 0 Å². The Morgan fingerprint density at radius 2 is 1.79 bits per heavy atom. The molecular formula is C21H27IN4O3. The van der Waals surface area contributed by atoms with Crippen LogP contribution in [0.15, 0.2) is 41.5 Å². The summed E-state index contributed by atoms with van der Waals surface area (Å²) in [7, 11) is 1.76. The van der Waals surface area contributed by atoms with E-state index in [1.54, 1.807) is 7.05 Å². The molecule has 1 aromatic heterocycles. The van der Waals surface area contributed by atoms with E-state index in [4.69, 9.17) is 14.2 Å². The number of aromatic nitrogens is 1. The van der Waals surface area contributed by atoms with Gasteiger partial charge in [-0.15, -0.1) is 24.0 Å². The molecule has 1 aliphatic carbocycles. The molecule has 0 amide bonds. The lowest BCUT2D eigenvalue weighted by molar-refractivity contribution is 0.174. The minimum absolute atomic E-state index is 0. The van der Waals surface area contributed by atoms with Crippen molar-refractivity contribution in [2.75, 3.05) is 13.8 Å². The molecule has 0 atom stereocenters. The van der Waals surface area contributed by atoms with E-state index >= 15 is 0 Å². The Hall–Kier alpha value is -2.23. The van der Waals surface area contributed by atoms with Crippen molar-refractivity contribution in [3.8, 4) is 17.4 Å². The molecule has 0 saturated heterocycles. The molecule has 1 aromatic carbocycles. The minimum Gasteiger partial charge on any atom is -0.474 e. The summed E-state index contributed by atoms with van der Waals surface area (Å²) in [5.74, 6) is 3.01. The number of nitrogens with one attached hydrogen (secondary N) is 2. The number of halogens is 1. The van der Waals surface area contributed by atoms with Gasteiger partial charge in [0.2, 0.25) is 12.7 Å². The molecule has 2 heterocycles. The van der Waals surface area contributed by atoms with Crippen LogP contribution in [0.5, 0.6) is 17.4 Å². The van der Waals surface area contributed by atoms with E-state index in [0.717, 1.165) is 41.4 Å². The third-order valence-electron chi connectivity index (χ3n) is 4.97. The van der Waals surface area contributed by atoms with Crippen molar-refractivity contribution in [1.82, 2.24) is 15.6 Å². The first-order valence-corrected chi connectivity index (χ1v) is 9.75. The number of hydrogen-bond acceptors (Lipinski definition) is 5. The van der Waals surface area contributed by atoms with Gasteiger partial charge in [-0.2, -0.15) is 0 Å². The molecule has 0 bridgehead atoms. The summed E-state index contributed by atoms with van der Waals surface area (Å²) in [6.07, 6.45) is 6.96. The highest BCUT2D eigenvalue weighted by Gasteiger charge is 2.17. The molecule has 2 aliphatic rings. The van der Waals surface area contributed by atoms with Gasteiger partial charge in [0.15, 0.2) is 17.5 Å². The maximum Gasteiger partial charge on any atom is 0.231 e. The van der Waals surface area contributed by atoms with Crippen molar-refractivity contribution in [2.24, 2.45) is 4.99 Å². The van der Waals surface area contributed by atoms with Gasteiger partial charge in [-0.1, -0.05) is 12.1 Å². The number of ether oxygens (including phenoxy) is 3. The largest absolute Gasteiger partial charge is 0.474 e. The summed E-state index contributed by atoms with van der Waals surface area (Å²) < 4.78 is 16.7. The van der Waals surface area contributed by atoms with Gasteiger partial charge in [0.25, 0.3) is 0 Å². The summed E-state index contributed by atoms with van der Waals surface area (Å²) in [4.78, 5) is 8.69. The Labute approximate surface area is 188 Å². The van der Waals surface area contributed by atoms with E-state index in [9.17, 15) is 0 Å². The molecule has 29 heavy (non-hydrogen) atoms. The van der Waals surface area contributed by atoms with Crippen LogP contribution in [0.4, 0.5) is 0 Å². The second-order valence-corrected chi connectivity index (χ2v) is 7.00. The van der Waals surface area contributed by atoms with Crippen LogP contribution < -0.4 is 24.8 Å². The molecule has 4 rings (SSSR count). The molecule has 0 spiro atoms. The van der Waals surface area contributed by atoms with Crippen LogP contribution in [-0.2, 0) is 13.1 Å². The topological polar surface area (TPSA) is 77.0 Å². The fourth-order valence-corrected chi connectivity index (χ4v) is 3.41. The maximum absolute atomic E-state index is 5.91. The van der Waals surface area contributed by atoms with E-state index in [1.165, 1.54) is 12.8 Å². The normalized spacial score (nSPS) is 15.7. The molecular weight excluding hydrogens is 483 g/mol. The van der Waals surface area contributed by atoms with Crippen molar-refractivity contribution in [2.45, 2.75) is 44.9 Å². The van der Waals surface area contributed by atoms with E-state index in [-0.39, 0.29) is 30.8 Å². The molecule has 1 aliphatic heterocycles. The van der Waals surface area contributed by atoms with Gasteiger partial charge in [0.1, 0.15) is 6.10 Å². The Morgan fingerprint density at radius 1 is 1.07 bits per heavy atom. The zero-order chi connectivity index (χ0) is 19.2. The standard InChI is InChI=1S/C21H26N4O3.HI/c1-22-21(24-11-15-6-8-18-19(10-15)27-14-26-18)25-13-16-7-9-20(23-12-16)28-17-4-2-3-5-17;/h6-10,12,17H,2-5,11,13-14H2,1H3,(H2,22,24,25);1H. The minimum atomic E-state index is 0. The molecule has 2 aromatic rings. The number of hydrogen-bond donors (Lipinski definition) is 2. The lowest BCUT2D eigenvalue weighted by atomic mass is 10.2. The highest BCUT2D eigenvalue weighted by atomic mass is 127. The van der Waals surface area contributed by atoms with Crippen LogP contribution in [0.25, 0.3) is 0 Å². The predicted octanol–water partition coefficient (Wildman–Crippen LogP) is 3.61. The summed E-state index contributed by atoms with van der Waals surface area (Å²) >= 11 is 0. The van der Waals surface area contributed by atoms with Crippen molar-refractivity contribution in [3.63, 3.8) is 0 Å². The highest BCUT2D eigenvalue weighted by Crippen LogP contribution is 2.32. The maximum atomic E-state index is 5.91. The lowest BCUT2D eigenvalue weighted by Crippen LogP contribution is -2.36. The Morgan fingerprint density at radius 3 is 2.52 bits per heavy atom. The number of pyridine rings is 1. The van der Waals surface area contributed by atoms with Crippen LogP contribution in [0.1, 0.15) is 36.8 Å². The first-order chi connectivity index (χ1) is 13.8. The fraction of sp³-hybridized carbons (Fsp3) is 0.429. The quantitative estimate of drug-likeness (QED) is 0.352. The zero-order valence-corrected chi connectivity index (χ0v) is 18.8. The summed E-state index contributed by atoms with van der Waals surface area (Å²) in [6.45, 7) is 1.56. The first kappa shape index (κ1) is 21.5. The number of benzene rings is 1. The molecule has 1 saturated carbocycles. The SMILES string of the molecule is CN=C(NCc1ccc(OC2CCCC2)nc1)NCc1ccc2c(c1)OCO2.I. The zero-order valence-electron chi connectivity index (χ0n) is 16.5. The van der Waals surface area contributed by atoms with Crippen LogP contribution in [0, 0.1) is 0 Å². The molecule has 2 N–H and O–H groups in total. The number of rotatable bonds is 6. The van der Waals surface area contributed by atoms with Crippen molar-refractivity contribution in [1.29, 1.82) is 0 Å². The van der Waals surface area contributed by atoms with Crippen molar-refractivity contribution >= 4 is 29.9 Å². The molecule has 7 nitrogen and oxygen atoms in total. The number of guanidine groups is 1. The van der Waals surface area contributed by atoms with Gasteiger partial charge >= 0.3 is 0 Å². The van der Waals surface area contributed by atoms with Gasteiger partial charge in [-0.25, -0.2) is 4.98 Å². The second kappa shape index (κ2) is 10.5. The third-order valence-corrected chi connectivity index (χ3v) is 4.97. The van der Waals surface area contributed by atoms with Gasteiger partial charge in [0.05, 0.1) is 0 Å². The molecule has 8 heteroatoms. The summed E-state index contributed by atoms with van der Waals surface area (Å²) in [5.41, 5.74) is 2.17. The average molecular weight is 510 g/mol.